The Labute approximate surface area is 142 Å². The summed E-state index contributed by atoms with van der Waals surface area (Å²) in [5, 5.41) is 12.2. The van der Waals surface area contributed by atoms with E-state index in [4.69, 9.17) is 4.74 Å². The third kappa shape index (κ3) is 4.26. The summed E-state index contributed by atoms with van der Waals surface area (Å²) in [6.45, 7) is 2.96. The molecule has 2 aromatic carbocycles. The van der Waals surface area contributed by atoms with E-state index in [1.165, 1.54) is 0 Å². The minimum Gasteiger partial charge on any atom is -0.496 e. The van der Waals surface area contributed by atoms with Gasteiger partial charge in [0.15, 0.2) is 0 Å². The van der Waals surface area contributed by atoms with E-state index in [9.17, 15) is 9.90 Å². The van der Waals surface area contributed by atoms with E-state index < -0.39 is 0 Å². The standard InChI is InChI=1S/C19H24N2O3/c1-4-11-21(2)17-8-5-14(6-9-17)19(23)20-16-7-10-18(24-3)15(12-16)13-22/h5-10,12,22H,4,11,13H2,1-3H3,(H,20,23). The van der Waals surface area contributed by atoms with Crippen LogP contribution in [-0.2, 0) is 6.61 Å². The average Bonchev–Trinajstić information content (AvgIpc) is 2.61. The molecule has 128 valence electrons. The minimum absolute atomic E-state index is 0.147. The normalized spacial score (nSPS) is 10.3. The fourth-order valence-electron chi connectivity index (χ4n) is 2.51. The second kappa shape index (κ2) is 8.36. The van der Waals surface area contributed by atoms with Crippen molar-refractivity contribution in [3.63, 3.8) is 0 Å². The van der Waals surface area contributed by atoms with Crippen molar-refractivity contribution in [2.75, 3.05) is 30.9 Å². The largest absolute Gasteiger partial charge is 0.496 e. The lowest BCUT2D eigenvalue weighted by molar-refractivity contribution is 0.102. The number of aliphatic hydroxyl groups excluding tert-OH is 1. The molecule has 0 fully saturated rings. The van der Waals surface area contributed by atoms with Crippen LogP contribution in [0.4, 0.5) is 11.4 Å². The molecule has 0 aliphatic heterocycles. The molecule has 2 rings (SSSR count). The molecule has 0 unspecified atom stereocenters. The molecule has 0 atom stereocenters. The highest BCUT2D eigenvalue weighted by Gasteiger charge is 2.09. The Morgan fingerprint density at radius 2 is 1.92 bits per heavy atom. The van der Waals surface area contributed by atoms with Gasteiger partial charge < -0.3 is 20.1 Å². The summed E-state index contributed by atoms with van der Waals surface area (Å²) >= 11 is 0. The molecule has 0 bridgehead atoms. The van der Waals surface area contributed by atoms with E-state index in [2.05, 4.69) is 17.1 Å². The maximum atomic E-state index is 12.4. The number of carbonyl (C=O) groups excluding carboxylic acids is 1. The summed E-state index contributed by atoms with van der Waals surface area (Å²) in [7, 11) is 3.58. The van der Waals surface area contributed by atoms with E-state index in [-0.39, 0.29) is 12.5 Å². The van der Waals surface area contributed by atoms with Crippen LogP contribution in [0.25, 0.3) is 0 Å². The van der Waals surface area contributed by atoms with Gasteiger partial charge in [0.25, 0.3) is 5.91 Å². The molecule has 5 nitrogen and oxygen atoms in total. The molecule has 0 heterocycles. The number of benzene rings is 2. The van der Waals surface area contributed by atoms with Crippen molar-refractivity contribution in [2.45, 2.75) is 20.0 Å². The predicted molar refractivity (Wildman–Crippen MR) is 96.9 cm³/mol. The van der Waals surface area contributed by atoms with Gasteiger partial charge in [0.2, 0.25) is 0 Å². The number of nitrogens with zero attached hydrogens (tertiary/aromatic N) is 1. The van der Waals surface area contributed by atoms with E-state index in [0.717, 1.165) is 18.7 Å². The number of rotatable bonds is 7. The van der Waals surface area contributed by atoms with Gasteiger partial charge >= 0.3 is 0 Å². The Hall–Kier alpha value is -2.53. The molecule has 0 aromatic heterocycles. The van der Waals surface area contributed by atoms with Gasteiger partial charge in [0, 0.05) is 36.1 Å². The van der Waals surface area contributed by atoms with Crippen molar-refractivity contribution in [1.29, 1.82) is 0 Å². The van der Waals surface area contributed by atoms with Gasteiger partial charge in [-0.25, -0.2) is 0 Å². The van der Waals surface area contributed by atoms with E-state index in [1.54, 1.807) is 25.3 Å². The number of anilines is 2. The summed E-state index contributed by atoms with van der Waals surface area (Å²) in [6, 6.07) is 12.7. The Kier molecular flexibility index (Phi) is 6.21. The number of amides is 1. The molecule has 0 aliphatic rings. The predicted octanol–water partition coefficient (Wildman–Crippen LogP) is 3.29. The molecule has 1 amide bonds. The van der Waals surface area contributed by atoms with Crippen molar-refractivity contribution >= 4 is 17.3 Å². The van der Waals surface area contributed by atoms with Gasteiger partial charge in [0.05, 0.1) is 13.7 Å². The summed E-state index contributed by atoms with van der Waals surface area (Å²) in [5.74, 6) is 0.410. The van der Waals surface area contributed by atoms with Gasteiger partial charge in [-0.15, -0.1) is 0 Å². The highest BCUT2D eigenvalue weighted by molar-refractivity contribution is 6.04. The SMILES string of the molecule is CCCN(C)c1ccc(C(=O)Nc2ccc(OC)c(CO)c2)cc1. The van der Waals surface area contributed by atoms with Crippen LogP contribution in [0.1, 0.15) is 29.3 Å². The highest BCUT2D eigenvalue weighted by Crippen LogP contribution is 2.23. The Morgan fingerprint density at radius 1 is 1.21 bits per heavy atom. The van der Waals surface area contributed by atoms with Crippen molar-refractivity contribution < 1.29 is 14.6 Å². The third-order valence-electron chi connectivity index (χ3n) is 3.84. The fourth-order valence-corrected chi connectivity index (χ4v) is 2.51. The molecule has 5 heteroatoms. The Balaban J connectivity index is 2.09. The molecule has 2 N–H and O–H groups in total. The summed E-state index contributed by atoms with van der Waals surface area (Å²) in [4.78, 5) is 14.5. The quantitative estimate of drug-likeness (QED) is 0.819. The van der Waals surface area contributed by atoms with Crippen LogP contribution < -0.4 is 15.0 Å². The minimum atomic E-state index is -0.186. The Morgan fingerprint density at radius 3 is 2.50 bits per heavy atom. The highest BCUT2D eigenvalue weighted by atomic mass is 16.5. The lowest BCUT2D eigenvalue weighted by Crippen LogP contribution is -2.18. The number of nitrogens with one attached hydrogen (secondary N) is 1. The van der Waals surface area contributed by atoms with Gasteiger partial charge in [-0.3, -0.25) is 4.79 Å². The number of hydrogen-bond donors (Lipinski definition) is 2. The second-order valence-electron chi connectivity index (χ2n) is 5.61. The first kappa shape index (κ1) is 17.8. The van der Waals surface area contributed by atoms with Crippen molar-refractivity contribution in [2.24, 2.45) is 0 Å². The first-order valence-electron chi connectivity index (χ1n) is 7.99. The molecule has 2 aromatic rings. The van der Waals surface area contributed by atoms with Gasteiger partial charge in [-0.05, 0) is 48.9 Å². The zero-order valence-electron chi connectivity index (χ0n) is 14.4. The molecular formula is C19H24N2O3. The van der Waals surface area contributed by atoms with Crippen LogP contribution in [0.15, 0.2) is 42.5 Å². The van der Waals surface area contributed by atoms with Gasteiger partial charge in [0.1, 0.15) is 5.75 Å². The van der Waals surface area contributed by atoms with Crippen LogP contribution in [-0.4, -0.2) is 31.7 Å². The number of ether oxygens (including phenoxy) is 1. The topological polar surface area (TPSA) is 61.8 Å². The van der Waals surface area contributed by atoms with Crippen molar-refractivity contribution in [3.05, 3.63) is 53.6 Å². The molecule has 0 aliphatic carbocycles. The number of aliphatic hydroxyl groups is 1. The first-order valence-corrected chi connectivity index (χ1v) is 7.99. The van der Waals surface area contributed by atoms with E-state index >= 15 is 0 Å². The molecule has 0 saturated heterocycles. The Bertz CT molecular complexity index is 684. The van der Waals surface area contributed by atoms with Gasteiger partial charge in [-0.1, -0.05) is 6.92 Å². The van der Waals surface area contributed by atoms with Crippen LogP contribution in [0, 0.1) is 0 Å². The number of methoxy groups -OCH3 is 1. The molecule has 0 saturated carbocycles. The maximum absolute atomic E-state index is 12.4. The zero-order chi connectivity index (χ0) is 17.5. The summed E-state index contributed by atoms with van der Waals surface area (Å²) < 4.78 is 5.16. The molecule has 24 heavy (non-hydrogen) atoms. The lowest BCUT2D eigenvalue weighted by atomic mass is 10.1. The van der Waals surface area contributed by atoms with Crippen molar-refractivity contribution in [3.8, 4) is 5.75 Å². The lowest BCUT2D eigenvalue weighted by Gasteiger charge is -2.18. The second-order valence-corrected chi connectivity index (χ2v) is 5.61. The maximum Gasteiger partial charge on any atom is 0.255 e. The van der Waals surface area contributed by atoms with Crippen LogP contribution >= 0.6 is 0 Å². The zero-order valence-corrected chi connectivity index (χ0v) is 14.4. The van der Waals surface area contributed by atoms with Crippen LogP contribution in [0.2, 0.25) is 0 Å². The monoisotopic (exact) mass is 328 g/mol. The average molecular weight is 328 g/mol. The smallest absolute Gasteiger partial charge is 0.255 e. The molecule has 0 spiro atoms. The number of hydrogen-bond acceptors (Lipinski definition) is 4. The van der Waals surface area contributed by atoms with E-state index in [1.807, 2.05) is 31.3 Å². The summed E-state index contributed by atoms with van der Waals surface area (Å²) in [6.07, 6.45) is 1.07. The fraction of sp³-hybridized carbons (Fsp3) is 0.316. The first-order chi connectivity index (χ1) is 11.6. The van der Waals surface area contributed by atoms with Crippen LogP contribution in [0.3, 0.4) is 0 Å². The van der Waals surface area contributed by atoms with Crippen LogP contribution in [0.5, 0.6) is 5.75 Å². The van der Waals surface area contributed by atoms with E-state index in [0.29, 0.717) is 22.6 Å². The number of carbonyl (C=O) groups is 1. The molecule has 0 radical (unpaired) electrons. The summed E-state index contributed by atoms with van der Waals surface area (Å²) in [5.41, 5.74) is 2.93. The molecular weight excluding hydrogens is 304 g/mol. The van der Waals surface area contributed by atoms with Crippen molar-refractivity contribution in [1.82, 2.24) is 0 Å². The third-order valence-corrected chi connectivity index (χ3v) is 3.84. The van der Waals surface area contributed by atoms with Gasteiger partial charge in [-0.2, -0.15) is 0 Å².